The lowest BCUT2D eigenvalue weighted by Crippen LogP contribution is -2.21. The molecule has 0 aliphatic carbocycles. The van der Waals surface area contributed by atoms with E-state index in [4.69, 9.17) is 5.73 Å². The molecule has 6 heteroatoms. The summed E-state index contributed by atoms with van der Waals surface area (Å²) in [6, 6.07) is 10.6. The summed E-state index contributed by atoms with van der Waals surface area (Å²) in [4.78, 5) is 15.0. The van der Waals surface area contributed by atoms with Crippen LogP contribution in [0.2, 0.25) is 0 Å². The maximum Gasteiger partial charge on any atom is 0.253 e. The van der Waals surface area contributed by atoms with Crippen molar-refractivity contribution in [3.63, 3.8) is 0 Å². The van der Waals surface area contributed by atoms with Crippen LogP contribution in [0, 0.1) is 0 Å². The summed E-state index contributed by atoms with van der Waals surface area (Å²) in [6.45, 7) is 0.445. The fraction of sp³-hybridized carbons (Fsp3) is 0.214. The van der Waals surface area contributed by atoms with Gasteiger partial charge in [-0.2, -0.15) is 0 Å². The van der Waals surface area contributed by atoms with Gasteiger partial charge in [0.15, 0.2) is 0 Å². The van der Waals surface area contributed by atoms with Gasteiger partial charge in [-0.15, -0.1) is 11.3 Å². The third-order valence-corrected chi connectivity index (χ3v) is 5.51. The number of nitrogens with zero attached hydrogens (tertiary/aromatic N) is 1. The molecule has 0 saturated carbocycles. The molecule has 0 fully saturated rings. The highest BCUT2D eigenvalue weighted by atomic mass is 32.2. The predicted octanol–water partition coefficient (Wildman–Crippen LogP) is 2.08. The largest absolute Gasteiger partial charge is 0.345 e. The van der Waals surface area contributed by atoms with Gasteiger partial charge in [0.1, 0.15) is 0 Å². The molecule has 4 nitrogen and oxygen atoms in total. The van der Waals surface area contributed by atoms with Gasteiger partial charge in [-0.3, -0.25) is 4.79 Å². The number of thiophene rings is 1. The Kier molecular flexibility index (Phi) is 4.69. The standard InChI is InChI=1S/C14H16N2O2S2/c1-16(2)14(17)10-4-3-5-12(8-10)20(18)13-7-6-11(9-15)19-13/h3-8H,9,15H2,1-2H3. The molecule has 0 saturated heterocycles. The number of hydrogen-bond acceptors (Lipinski definition) is 4. The van der Waals surface area contributed by atoms with E-state index in [1.807, 2.05) is 12.1 Å². The number of benzene rings is 1. The predicted molar refractivity (Wildman–Crippen MR) is 81.3 cm³/mol. The van der Waals surface area contributed by atoms with Crippen LogP contribution in [-0.2, 0) is 17.3 Å². The minimum absolute atomic E-state index is 0.0994. The van der Waals surface area contributed by atoms with Crippen LogP contribution in [0.5, 0.6) is 0 Å². The quantitative estimate of drug-likeness (QED) is 0.940. The van der Waals surface area contributed by atoms with Gasteiger partial charge < -0.3 is 10.6 Å². The van der Waals surface area contributed by atoms with Crippen LogP contribution in [0.15, 0.2) is 45.5 Å². The minimum atomic E-state index is -1.28. The number of rotatable bonds is 4. The topological polar surface area (TPSA) is 63.4 Å². The number of carbonyl (C=O) groups is 1. The lowest BCUT2D eigenvalue weighted by Gasteiger charge is -2.10. The number of amides is 1. The molecule has 106 valence electrons. The van der Waals surface area contributed by atoms with Crippen molar-refractivity contribution >= 4 is 28.0 Å². The summed E-state index contributed by atoms with van der Waals surface area (Å²) in [5, 5.41) is 0. The third-order valence-electron chi connectivity index (χ3n) is 2.72. The molecular formula is C14H16N2O2S2. The van der Waals surface area contributed by atoms with Gasteiger partial charge in [-0.05, 0) is 30.3 Å². The molecule has 2 N–H and O–H groups in total. The Morgan fingerprint density at radius 2 is 2.05 bits per heavy atom. The molecule has 1 amide bonds. The Bertz CT molecular complexity index is 650. The molecule has 0 radical (unpaired) electrons. The van der Waals surface area contributed by atoms with E-state index in [0.717, 1.165) is 9.09 Å². The van der Waals surface area contributed by atoms with E-state index >= 15 is 0 Å². The molecule has 0 spiro atoms. The first-order valence-electron chi connectivity index (χ1n) is 6.05. The number of carbonyl (C=O) groups excluding carboxylic acids is 1. The van der Waals surface area contributed by atoms with Crippen molar-refractivity contribution < 1.29 is 9.00 Å². The zero-order chi connectivity index (χ0) is 14.7. The zero-order valence-electron chi connectivity index (χ0n) is 11.3. The molecule has 1 aromatic carbocycles. The summed E-state index contributed by atoms with van der Waals surface area (Å²) in [5.74, 6) is -0.0994. The molecule has 2 rings (SSSR count). The van der Waals surface area contributed by atoms with E-state index in [-0.39, 0.29) is 5.91 Å². The Labute approximate surface area is 124 Å². The number of hydrogen-bond donors (Lipinski definition) is 1. The first-order valence-corrected chi connectivity index (χ1v) is 8.02. The first-order chi connectivity index (χ1) is 9.52. The molecule has 0 aliphatic heterocycles. The maximum absolute atomic E-state index is 12.5. The fourth-order valence-corrected chi connectivity index (χ4v) is 4.07. The van der Waals surface area contributed by atoms with E-state index in [2.05, 4.69) is 0 Å². The average molecular weight is 308 g/mol. The Hall–Kier alpha value is -1.50. The molecule has 1 heterocycles. The summed E-state index contributed by atoms with van der Waals surface area (Å²) in [6.07, 6.45) is 0. The van der Waals surface area contributed by atoms with E-state index in [9.17, 15) is 9.00 Å². The Balaban J connectivity index is 2.31. The highest BCUT2D eigenvalue weighted by Gasteiger charge is 2.13. The SMILES string of the molecule is CN(C)C(=O)c1cccc(S(=O)c2ccc(CN)s2)c1. The minimum Gasteiger partial charge on any atom is -0.345 e. The lowest BCUT2D eigenvalue weighted by atomic mass is 10.2. The maximum atomic E-state index is 12.5. The smallest absolute Gasteiger partial charge is 0.253 e. The Morgan fingerprint density at radius 3 is 2.65 bits per heavy atom. The van der Waals surface area contributed by atoms with E-state index in [1.165, 1.54) is 16.2 Å². The molecule has 2 aromatic rings. The first kappa shape index (κ1) is 14.9. The Morgan fingerprint density at radius 1 is 1.30 bits per heavy atom. The van der Waals surface area contributed by atoms with Gasteiger partial charge in [0.25, 0.3) is 5.91 Å². The van der Waals surface area contributed by atoms with E-state index < -0.39 is 10.8 Å². The molecule has 1 aromatic heterocycles. The molecular weight excluding hydrogens is 292 g/mol. The van der Waals surface area contributed by atoms with Gasteiger partial charge in [0.2, 0.25) is 0 Å². The zero-order valence-corrected chi connectivity index (χ0v) is 13.0. The van der Waals surface area contributed by atoms with Crippen molar-refractivity contribution in [1.82, 2.24) is 4.90 Å². The van der Waals surface area contributed by atoms with Crippen molar-refractivity contribution in [1.29, 1.82) is 0 Å². The van der Waals surface area contributed by atoms with Crippen molar-refractivity contribution in [2.75, 3.05) is 14.1 Å². The third kappa shape index (κ3) is 3.15. The summed E-state index contributed by atoms with van der Waals surface area (Å²) >= 11 is 1.44. The molecule has 0 bridgehead atoms. The molecule has 20 heavy (non-hydrogen) atoms. The van der Waals surface area contributed by atoms with Crippen LogP contribution in [-0.4, -0.2) is 29.1 Å². The highest BCUT2D eigenvalue weighted by molar-refractivity contribution is 7.87. The second kappa shape index (κ2) is 6.30. The van der Waals surface area contributed by atoms with Crippen LogP contribution in [0.25, 0.3) is 0 Å². The van der Waals surface area contributed by atoms with Crippen molar-refractivity contribution in [2.24, 2.45) is 5.73 Å². The lowest BCUT2D eigenvalue weighted by molar-refractivity contribution is 0.0827. The van der Waals surface area contributed by atoms with Crippen LogP contribution in [0.4, 0.5) is 0 Å². The van der Waals surface area contributed by atoms with Crippen LogP contribution < -0.4 is 5.73 Å². The monoisotopic (exact) mass is 308 g/mol. The van der Waals surface area contributed by atoms with Crippen LogP contribution >= 0.6 is 11.3 Å². The fourth-order valence-electron chi connectivity index (χ4n) is 1.69. The van der Waals surface area contributed by atoms with Crippen molar-refractivity contribution in [2.45, 2.75) is 15.6 Å². The normalized spacial score (nSPS) is 12.2. The second-order valence-electron chi connectivity index (χ2n) is 4.42. The van der Waals surface area contributed by atoms with E-state index in [1.54, 1.807) is 38.4 Å². The summed E-state index contributed by atoms with van der Waals surface area (Å²) in [7, 11) is 2.11. The average Bonchev–Trinajstić information content (AvgIpc) is 2.94. The molecule has 1 atom stereocenters. The van der Waals surface area contributed by atoms with Crippen molar-refractivity contribution in [3.8, 4) is 0 Å². The molecule has 0 aliphatic rings. The van der Waals surface area contributed by atoms with E-state index in [0.29, 0.717) is 17.0 Å². The van der Waals surface area contributed by atoms with Gasteiger partial charge in [0.05, 0.1) is 15.0 Å². The van der Waals surface area contributed by atoms with Crippen LogP contribution in [0.1, 0.15) is 15.2 Å². The van der Waals surface area contributed by atoms with Gasteiger partial charge in [-0.1, -0.05) is 6.07 Å². The summed E-state index contributed by atoms with van der Waals surface area (Å²) in [5.41, 5.74) is 6.10. The summed E-state index contributed by atoms with van der Waals surface area (Å²) < 4.78 is 13.2. The van der Waals surface area contributed by atoms with Gasteiger partial charge in [0, 0.05) is 36.0 Å². The molecule has 1 unspecified atom stereocenters. The van der Waals surface area contributed by atoms with Crippen molar-refractivity contribution in [3.05, 3.63) is 46.8 Å². The van der Waals surface area contributed by atoms with Crippen LogP contribution in [0.3, 0.4) is 0 Å². The second-order valence-corrected chi connectivity index (χ2v) is 7.30. The van der Waals surface area contributed by atoms with Gasteiger partial charge in [-0.25, -0.2) is 4.21 Å². The highest BCUT2D eigenvalue weighted by Crippen LogP contribution is 2.25. The number of nitrogens with two attached hydrogens (primary N) is 1. The van der Waals surface area contributed by atoms with Gasteiger partial charge >= 0.3 is 0 Å².